The average molecular weight is 312 g/mol. The van der Waals surface area contributed by atoms with Crippen LogP contribution in [0, 0.1) is 15.5 Å². The monoisotopic (exact) mass is 311 g/mol. The van der Waals surface area contributed by atoms with Crippen LogP contribution in [0.15, 0.2) is 12.1 Å². The summed E-state index contributed by atoms with van der Waals surface area (Å²) in [6.45, 7) is 2.69. The van der Waals surface area contributed by atoms with Gasteiger partial charge in [0, 0.05) is 18.2 Å². The SMILES string of the molecule is CC1(CNC(=O)c2cc(Cl)c(N)c([N+](=O)[O-])c2)CCCC1. The van der Waals surface area contributed by atoms with Gasteiger partial charge in [0.05, 0.1) is 9.95 Å². The number of benzene rings is 1. The molecule has 6 nitrogen and oxygen atoms in total. The number of nitrogens with two attached hydrogens (primary N) is 1. The topological polar surface area (TPSA) is 98.3 Å². The Morgan fingerprint density at radius 3 is 2.67 bits per heavy atom. The van der Waals surface area contributed by atoms with E-state index in [9.17, 15) is 14.9 Å². The summed E-state index contributed by atoms with van der Waals surface area (Å²) in [4.78, 5) is 22.4. The van der Waals surface area contributed by atoms with Crippen molar-refractivity contribution in [2.24, 2.45) is 5.41 Å². The van der Waals surface area contributed by atoms with Crippen molar-refractivity contribution in [2.75, 3.05) is 12.3 Å². The van der Waals surface area contributed by atoms with Crippen LogP contribution in [0.5, 0.6) is 0 Å². The number of anilines is 1. The van der Waals surface area contributed by atoms with Crippen LogP contribution >= 0.6 is 11.6 Å². The number of rotatable bonds is 4. The van der Waals surface area contributed by atoms with E-state index in [1.165, 1.54) is 18.9 Å². The van der Waals surface area contributed by atoms with Gasteiger partial charge in [-0.2, -0.15) is 0 Å². The molecule has 0 unspecified atom stereocenters. The molecule has 0 aliphatic heterocycles. The minimum absolute atomic E-state index is 0.0152. The number of hydrogen-bond donors (Lipinski definition) is 2. The molecule has 1 saturated carbocycles. The molecule has 2 rings (SSSR count). The highest BCUT2D eigenvalue weighted by molar-refractivity contribution is 6.34. The molecule has 1 aliphatic carbocycles. The van der Waals surface area contributed by atoms with Crippen LogP contribution in [0.1, 0.15) is 43.0 Å². The number of nitro groups is 1. The van der Waals surface area contributed by atoms with Gasteiger partial charge in [0.1, 0.15) is 5.69 Å². The quantitative estimate of drug-likeness (QED) is 0.507. The molecule has 7 heteroatoms. The van der Waals surface area contributed by atoms with E-state index in [-0.39, 0.29) is 33.3 Å². The maximum Gasteiger partial charge on any atom is 0.294 e. The highest BCUT2D eigenvalue weighted by atomic mass is 35.5. The summed E-state index contributed by atoms with van der Waals surface area (Å²) < 4.78 is 0. The van der Waals surface area contributed by atoms with Gasteiger partial charge in [-0.3, -0.25) is 14.9 Å². The lowest BCUT2D eigenvalue weighted by atomic mass is 9.89. The second kappa shape index (κ2) is 5.89. The highest BCUT2D eigenvalue weighted by Crippen LogP contribution is 2.37. The molecule has 0 bridgehead atoms. The average Bonchev–Trinajstić information content (AvgIpc) is 2.86. The Labute approximate surface area is 127 Å². The largest absolute Gasteiger partial charge is 0.392 e. The normalized spacial score (nSPS) is 16.7. The molecule has 1 aromatic carbocycles. The molecule has 0 atom stereocenters. The van der Waals surface area contributed by atoms with Gasteiger partial charge in [-0.15, -0.1) is 0 Å². The lowest BCUT2D eigenvalue weighted by molar-refractivity contribution is -0.383. The summed E-state index contributed by atoms with van der Waals surface area (Å²) in [5.74, 6) is -0.367. The van der Waals surface area contributed by atoms with Crippen molar-refractivity contribution in [3.63, 3.8) is 0 Å². The standard InChI is InChI=1S/C14H18ClN3O3/c1-14(4-2-3-5-14)8-17-13(19)9-6-10(15)12(16)11(7-9)18(20)21/h6-7H,2-5,8,16H2,1H3,(H,17,19). The van der Waals surface area contributed by atoms with Crippen molar-refractivity contribution in [2.45, 2.75) is 32.6 Å². The molecule has 3 N–H and O–H groups in total. The number of nitrogens with one attached hydrogen (secondary N) is 1. The van der Waals surface area contributed by atoms with Crippen molar-refractivity contribution in [3.8, 4) is 0 Å². The molecule has 114 valence electrons. The number of amides is 1. The number of carbonyl (C=O) groups excluding carboxylic acids is 1. The maximum absolute atomic E-state index is 12.1. The molecule has 1 fully saturated rings. The number of hydrogen-bond acceptors (Lipinski definition) is 4. The number of nitro benzene ring substituents is 1. The Hall–Kier alpha value is -1.82. The van der Waals surface area contributed by atoms with E-state index in [1.807, 2.05) is 0 Å². The zero-order valence-corrected chi connectivity index (χ0v) is 12.6. The van der Waals surface area contributed by atoms with Crippen LogP contribution in [0.3, 0.4) is 0 Å². The summed E-state index contributed by atoms with van der Waals surface area (Å²) in [6, 6.07) is 2.52. The minimum Gasteiger partial charge on any atom is -0.392 e. The molecular formula is C14H18ClN3O3. The fourth-order valence-corrected chi connectivity index (χ4v) is 2.90. The van der Waals surface area contributed by atoms with Crippen LogP contribution in [0.4, 0.5) is 11.4 Å². The molecule has 0 saturated heterocycles. The van der Waals surface area contributed by atoms with Gasteiger partial charge in [0.2, 0.25) is 0 Å². The first kappa shape index (κ1) is 15.6. The predicted molar refractivity (Wildman–Crippen MR) is 81.4 cm³/mol. The van der Waals surface area contributed by atoms with Crippen molar-refractivity contribution in [1.82, 2.24) is 5.32 Å². The number of nitrogen functional groups attached to an aromatic ring is 1. The van der Waals surface area contributed by atoms with Gasteiger partial charge >= 0.3 is 0 Å². The summed E-state index contributed by atoms with van der Waals surface area (Å²) in [6.07, 6.45) is 4.50. The Kier molecular flexibility index (Phi) is 4.37. The Morgan fingerprint density at radius 1 is 1.48 bits per heavy atom. The molecule has 0 radical (unpaired) electrons. The van der Waals surface area contributed by atoms with Crippen LogP contribution in [-0.2, 0) is 0 Å². The lowest BCUT2D eigenvalue weighted by Gasteiger charge is -2.23. The van der Waals surface area contributed by atoms with E-state index < -0.39 is 4.92 Å². The van der Waals surface area contributed by atoms with Crippen LogP contribution in [0.25, 0.3) is 0 Å². The van der Waals surface area contributed by atoms with Crippen molar-refractivity contribution in [1.29, 1.82) is 0 Å². The predicted octanol–water partition coefficient (Wildman–Crippen LogP) is 3.14. The molecule has 0 spiro atoms. The van der Waals surface area contributed by atoms with E-state index in [0.717, 1.165) is 18.9 Å². The second-order valence-corrected chi connectivity index (χ2v) is 6.26. The van der Waals surface area contributed by atoms with Gasteiger partial charge in [0.15, 0.2) is 0 Å². The lowest BCUT2D eigenvalue weighted by Crippen LogP contribution is -2.34. The third kappa shape index (κ3) is 3.44. The van der Waals surface area contributed by atoms with E-state index >= 15 is 0 Å². The van der Waals surface area contributed by atoms with Gasteiger partial charge in [0.25, 0.3) is 11.6 Å². The molecular weight excluding hydrogens is 294 g/mol. The second-order valence-electron chi connectivity index (χ2n) is 5.85. The Balaban J connectivity index is 2.14. The van der Waals surface area contributed by atoms with E-state index in [4.69, 9.17) is 17.3 Å². The number of halogens is 1. The summed E-state index contributed by atoms with van der Waals surface area (Å²) in [5, 5.41) is 13.8. The van der Waals surface area contributed by atoms with Crippen molar-refractivity contribution in [3.05, 3.63) is 32.8 Å². The highest BCUT2D eigenvalue weighted by Gasteiger charge is 2.29. The molecule has 0 aromatic heterocycles. The molecule has 1 aliphatic rings. The Bertz CT molecular complexity index is 583. The first-order valence-electron chi connectivity index (χ1n) is 6.84. The molecule has 1 aromatic rings. The molecule has 1 amide bonds. The summed E-state index contributed by atoms with van der Waals surface area (Å²) in [7, 11) is 0. The third-order valence-electron chi connectivity index (χ3n) is 4.05. The van der Waals surface area contributed by atoms with Gasteiger partial charge in [-0.05, 0) is 24.3 Å². The summed E-state index contributed by atoms with van der Waals surface area (Å²) in [5.41, 5.74) is 5.34. The van der Waals surface area contributed by atoms with Gasteiger partial charge < -0.3 is 11.1 Å². The number of carbonyl (C=O) groups is 1. The van der Waals surface area contributed by atoms with E-state index in [0.29, 0.717) is 6.54 Å². The van der Waals surface area contributed by atoms with Crippen LogP contribution < -0.4 is 11.1 Å². The maximum atomic E-state index is 12.1. The fourth-order valence-electron chi connectivity index (χ4n) is 2.69. The zero-order chi connectivity index (χ0) is 15.6. The molecule has 0 heterocycles. The minimum atomic E-state index is -0.643. The zero-order valence-electron chi connectivity index (χ0n) is 11.8. The smallest absolute Gasteiger partial charge is 0.294 e. The van der Waals surface area contributed by atoms with Gasteiger partial charge in [-0.25, -0.2) is 0 Å². The number of nitrogens with zero attached hydrogens (tertiary/aromatic N) is 1. The summed E-state index contributed by atoms with van der Waals surface area (Å²) >= 11 is 5.85. The van der Waals surface area contributed by atoms with Crippen molar-refractivity contribution < 1.29 is 9.72 Å². The molecule has 21 heavy (non-hydrogen) atoms. The van der Waals surface area contributed by atoms with Crippen LogP contribution in [-0.4, -0.2) is 17.4 Å². The fraction of sp³-hybridized carbons (Fsp3) is 0.500. The van der Waals surface area contributed by atoms with Crippen molar-refractivity contribution >= 4 is 28.9 Å². The first-order valence-corrected chi connectivity index (χ1v) is 7.22. The first-order chi connectivity index (χ1) is 9.82. The van der Waals surface area contributed by atoms with Crippen LogP contribution in [0.2, 0.25) is 5.02 Å². The van der Waals surface area contributed by atoms with E-state index in [2.05, 4.69) is 12.2 Å². The van der Waals surface area contributed by atoms with E-state index in [1.54, 1.807) is 0 Å². The third-order valence-corrected chi connectivity index (χ3v) is 4.37. The van der Waals surface area contributed by atoms with Gasteiger partial charge in [-0.1, -0.05) is 31.4 Å². The Morgan fingerprint density at radius 2 is 2.10 bits per heavy atom.